The largest absolute Gasteiger partial charge is 0.469 e. The van der Waals surface area contributed by atoms with E-state index in [2.05, 4.69) is 18.4 Å². The summed E-state index contributed by atoms with van der Waals surface area (Å²) in [4.78, 5) is 42.9. The standard InChI is InChI=1S/C46H79O10P/c1-4-6-25-33-42(47)35-28-23-24-29-36-43(48)34-27-20-17-18-22-31-38-46(50)56-44(40-55-57(51,52)53)39-54-45(49)37-30-21-16-14-12-10-8-7-9-11-13-15-19-26-32-41(3)5-2/h6,18,20,22-25,27-29,35-36,41-44,47-48H,4-5,7-17,19,21,26,30-34,37-40H2,1-3H3,(H2,51,52,53)/b22-18-,24-23-,25-6-,27-20-,35-28+,36-29+/t41?,42-,43+,44+/m0/s1. The monoisotopic (exact) mass is 823 g/mol. The van der Waals surface area contributed by atoms with Gasteiger partial charge in [0.05, 0.1) is 18.8 Å². The van der Waals surface area contributed by atoms with Crippen LogP contribution >= 0.6 is 7.82 Å². The van der Waals surface area contributed by atoms with Gasteiger partial charge in [0.1, 0.15) is 6.61 Å². The number of allylic oxidation sites excluding steroid dienone is 8. The summed E-state index contributed by atoms with van der Waals surface area (Å²) in [5.41, 5.74) is 0. The highest BCUT2D eigenvalue weighted by Gasteiger charge is 2.22. The fourth-order valence-corrected chi connectivity index (χ4v) is 6.15. The summed E-state index contributed by atoms with van der Waals surface area (Å²) in [5.74, 6) is -0.181. The summed E-state index contributed by atoms with van der Waals surface area (Å²) in [5, 5.41) is 19.9. The maximum atomic E-state index is 12.4. The lowest BCUT2D eigenvalue weighted by molar-refractivity contribution is -0.161. The molecule has 0 amide bonds. The predicted octanol–water partition coefficient (Wildman–Crippen LogP) is 11.3. The number of carbonyl (C=O) groups is 2. The Morgan fingerprint density at radius 2 is 1.12 bits per heavy atom. The molecule has 0 aliphatic carbocycles. The molecule has 0 aromatic rings. The molecular formula is C46H79O10P. The summed E-state index contributed by atoms with van der Waals surface area (Å²) >= 11 is 0. The zero-order valence-corrected chi connectivity index (χ0v) is 36.5. The Bertz CT molecular complexity index is 1200. The van der Waals surface area contributed by atoms with Crippen LogP contribution in [0.15, 0.2) is 72.9 Å². The zero-order chi connectivity index (χ0) is 42.2. The average Bonchev–Trinajstić information content (AvgIpc) is 3.17. The molecule has 0 spiro atoms. The van der Waals surface area contributed by atoms with E-state index < -0.39 is 44.7 Å². The SMILES string of the molecule is CC/C=C\C[C@H](O)/C=C/C=C\C=C\[C@H](O)C/C=C\C/C=C\CCC(=O)O[C@H](COC(=O)CCCCCCCCCCCCCCCCC(C)CC)COP(=O)(O)O. The number of phosphoric acid groups is 1. The van der Waals surface area contributed by atoms with Crippen LogP contribution in [0.25, 0.3) is 0 Å². The van der Waals surface area contributed by atoms with E-state index in [1.165, 1.54) is 77.0 Å². The van der Waals surface area contributed by atoms with Gasteiger partial charge in [0.2, 0.25) is 0 Å². The molecule has 4 N–H and O–H groups in total. The second-order valence-corrected chi connectivity index (χ2v) is 16.2. The molecule has 0 heterocycles. The molecule has 0 aromatic carbocycles. The van der Waals surface area contributed by atoms with Gasteiger partial charge >= 0.3 is 19.8 Å². The summed E-state index contributed by atoms with van der Waals surface area (Å²) in [6.07, 6.45) is 42.7. The number of esters is 2. The Kier molecular flexibility index (Phi) is 37.1. The van der Waals surface area contributed by atoms with Gasteiger partial charge in [0, 0.05) is 12.8 Å². The van der Waals surface area contributed by atoms with Crippen LogP contribution in [0.3, 0.4) is 0 Å². The van der Waals surface area contributed by atoms with Crippen molar-refractivity contribution in [2.24, 2.45) is 5.92 Å². The molecule has 0 saturated heterocycles. The van der Waals surface area contributed by atoms with Crippen molar-refractivity contribution in [3.8, 4) is 0 Å². The van der Waals surface area contributed by atoms with Crippen LogP contribution in [0.4, 0.5) is 0 Å². The van der Waals surface area contributed by atoms with E-state index in [0.717, 1.165) is 31.6 Å². The Balaban J connectivity index is 4.14. The number of aliphatic hydroxyl groups excluding tert-OH is 2. The first-order valence-electron chi connectivity index (χ1n) is 21.8. The predicted molar refractivity (Wildman–Crippen MR) is 232 cm³/mol. The maximum Gasteiger partial charge on any atom is 0.469 e. The fourth-order valence-electron chi connectivity index (χ4n) is 5.79. The Morgan fingerprint density at radius 3 is 1.65 bits per heavy atom. The third-order valence-electron chi connectivity index (χ3n) is 9.46. The van der Waals surface area contributed by atoms with Crippen molar-refractivity contribution in [1.82, 2.24) is 0 Å². The maximum absolute atomic E-state index is 12.4. The first-order chi connectivity index (χ1) is 27.5. The van der Waals surface area contributed by atoms with Gasteiger partial charge in [-0.05, 0) is 44.4 Å². The van der Waals surface area contributed by atoms with Crippen molar-refractivity contribution in [1.29, 1.82) is 0 Å². The Hall–Kier alpha value is -2.59. The fraction of sp³-hybridized carbons (Fsp3) is 0.696. The third-order valence-corrected chi connectivity index (χ3v) is 9.95. The van der Waals surface area contributed by atoms with Crippen molar-refractivity contribution >= 4 is 19.8 Å². The number of hydrogen-bond acceptors (Lipinski definition) is 8. The second-order valence-electron chi connectivity index (χ2n) is 14.9. The van der Waals surface area contributed by atoms with Gasteiger partial charge in [-0.3, -0.25) is 14.1 Å². The first-order valence-corrected chi connectivity index (χ1v) is 23.4. The van der Waals surface area contributed by atoms with Crippen molar-refractivity contribution in [3.63, 3.8) is 0 Å². The van der Waals surface area contributed by atoms with Crippen LogP contribution < -0.4 is 0 Å². The molecule has 0 rings (SSSR count). The molecule has 0 aliphatic heterocycles. The molecule has 11 heteroatoms. The lowest BCUT2D eigenvalue weighted by Gasteiger charge is -2.18. The smallest absolute Gasteiger partial charge is 0.462 e. The number of aliphatic hydroxyl groups is 2. The molecule has 0 saturated carbocycles. The van der Waals surface area contributed by atoms with E-state index in [4.69, 9.17) is 19.3 Å². The number of ether oxygens (including phenoxy) is 2. The highest BCUT2D eigenvalue weighted by Crippen LogP contribution is 2.36. The topological polar surface area (TPSA) is 160 Å². The summed E-state index contributed by atoms with van der Waals surface area (Å²) < 4.78 is 26.3. The van der Waals surface area contributed by atoms with Crippen LogP contribution in [0.2, 0.25) is 0 Å². The van der Waals surface area contributed by atoms with E-state index in [-0.39, 0.29) is 19.4 Å². The highest BCUT2D eigenvalue weighted by molar-refractivity contribution is 7.46. The molecule has 0 aliphatic rings. The molecule has 328 valence electrons. The molecule has 57 heavy (non-hydrogen) atoms. The number of hydrogen-bond donors (Lipinski definition) is 4. The minimum absolute atomic E-state index is 0.0282. The van der Waals surface area contributed by atoms with E-state index >= 15 is 0 Å². The van der Waals surface area contributed by atoms with Crippen LogP contribution in [0.1, 0.15) is 168 Å². The first kappa shape index (κ1) is 54.4. The molecule has 1 unspecified atom stereocenters. The van der Waals surface area contributed by atoms with Gasteiger partial charge in [0.15, 0.2) is 6.10 Å². The van der Waals surface area contributed by atoms with Gasteiger partial charge in [-0.2, -0.15) is 0 Å². The Labute approximate surface area is 345 Å². The zero-order valence-electron chi connectivity index (χ0n) is 35.6. The number of phosphoric ester groups is 1. The lowest BCUT2D eigenvalue weighted by Crippen LogP contribution is -2.29. The van der Waals surface area contributed by atoms with Crippen molar-refractivity contribution in [2.75, 3.05) is 13.2 Å². The van der Waals surface area contributed by atoms with E-state index in [1.54, 1.807) is 36.5 Å². The summed E-state index contributed by atoms with van der Waals surface area (Å²) in [6, 6.07) is 0. The number of rotatable bonds is 38. The van der Waals surface area contributed by atoms with Crippen molar-refractivity contribution in [3.05, 3.63) is 72.9 Å². The molecule has 0 radical (unpaired) electrons. The van der Waals surface area contributed by atoms with Crippen LogP contribution in [0, 0.1) is 5.92 Å². The molecule has 0 bridgehead atoms. The number of carbonyl (C=O) groups excluding carboxylic acids is 2. The van der Waals surface area contributed by atoms with Gasteiger partial charge in [-0.15, -0.1) is 0 Å². The van der Waals surface area contributed by atoms with Gasteiger partial charge in [0.25, 0.3) is 0 Å². The van der Waals surface area contributed by atoms with Gasteiger partial charge in [-0.25, -0.2) is 4.57 Å². The average molecular weight is 823 g/mol. The van der Waals surface area contributed by atoms with Crippen molar-refractivity contribution in [2.45, 2.75) is 187 Å². The molecular weight excluding hydrogens is 743 g/mol. The molecule has 4 atom stereocenters. The van der Waals surface area contributed by atoms with Gasteiger partial charge in [-0.1, -0.05) is 190 Å². The molecule has 10 nitrogen and oxygen atoms in total. The van der Waals surface area contributed by atoms with Crippen LogP contribution in [-0.2, 0) is 28.2 Å². The van der Waals surface area contributed by atoms with E-state index in [1.807, 2.05) is 43.4 Å². The van der Waals surface area contributed by atoms with E-state index in [0.29, 0.717) is 32.1 Å². The Morgan fingerprint density at radius 1 is 0.614 bits per heavy atom. The summed E-state index contributed by atoms with van der Waals surface area (Å²) in [6.45, 7) is 5.72. The van der Waals surface area contributed by atoms with Crippen LogP contribution in [0.5, 0.6) is 0 Å². The van der Waals surface area contributed by atoms with E-state index in [9.17, 15) is 24.4 Å². The third kappa shape index (κ3) is 41.4. The van der Waals surface area contributed by atoms with Gasteiger partial charge < -0.3 is 29.5 Å². The quantitative estimate of drug-likeness (QED) is 0.0155. The highest BCUT2D eigenvalue weighted by atomic mass is 31.2. The second kappa shape index (κ2) is 38.9. The normalized spacial score (nSPS) is 14.9. The number of unbranched alkanes of at least 4 members (excludes halogenated alkanes) is 13. The van der Waals surface area contributed by atoms with Crippen molar-refractivity contribution < 1.29 is 48.2 Å². The minimum Gasteiger partial charge on any atom is -0.462 e. The molecule has 0 aromatic heterocycles. The summed E-state index contributed by atoms with van der Waals surface area (Å²) in [7, 11) is -4.81. The minimum atomic E-state index is -4.81. The molecule has 0 fully saturated rings. The van der Waals surface area contributed by atoms with Crippen LogP contribution in [-0.4, -0.2) is 63.5 Å². The lowest BCUT2D eigenvalue weighted by atomic mass is 9.99.